The van der Waals surface area contributed by atoms with E-state index in [1.807, 2.05) is 31.2 Å². The van der Waals surface area contributed by atoms with Crippen LogP contribution in [0.1, 0.15) is 16.7 Å². The second-order valence-corrected chi connectivity index (χ2v) is 11.0. The highest BCUT2D eigenvalue weighted by atomic mass is 32.2. The van der Waals surface area contributed by atoms with Gasteiger partial charge in [0.15, 0.2) is 4.34 Å². The molecule has 0 aliphatic rings. The Morgan fingerprint density at radius 2 is 1.73 bits per heavy atom. The number of nitrogens with one attached hydrogen (secondary N) is 1. The van der Waals surface area contributed by atoms with Crippen LogP contribution in [0.5, 0.6) is 5.75 Å². The van der Waals surface area contributed by atoms with Crippen LogP contribution in [-0.2, 0) is 10.0 Å². The number of para-hydroxylation sites is 1. The molecule has 4 rings (SSSR count). The zero-order valence-corrected chi connectivity index (χ0v) is 19.1. The second kappa shape index (κ2) is 7.94. The van der Waals surface area contributed by atoms with Gasteiger partial charge in [-0.3, -0.25) is 4.72 Å². The number of sulfonamides is 1. The van der Waals surface area contributed by atoms with Gasteiger partial charge in [-0.1, -0.05) is 41.6 Å². The van der Waals surface area contributed by atoms with Crippen LogP contribution in [0.4, 0.5) is 5.69 Å². The van der Waals surface area contributed by atoms with Crippen LogP contribution in [-0.4, -0.2) is 18.5 Å². The number of anilines is 1. The van der Waals surface area contributed by atoms with E-state index >= 15 is 0 Å². The molecule has 0 spiro atoms. The van der Waals surface area contributed by atoms with Gasteiger partial charge in [-0.15, -0.1) is 11.3 Å². The maximum atomic E-state index is 12.9. The summed E-state index contributed by atoms with van der Waals surface area (Å²) >= 11 is 2.87. The molecule has 0 aliphatic heterocycles. The van der Waals surface area contributed by atoms with Crippen molar-refractivity contribution in [3.63, 3.8) is 0 Å². The number of hydrogen-bond acceptors (Lipinski definition) is 6. The minimum absolute atomic E-state index is 0.104. The lowest BCUT2D eigenvalue weighted by atomic mass is 10.1. The SMILES string of the molecule is Cc1ccc(S(=O)(=O)Nc2c(C)cc(O)c(Sc3nc4ccccc4s3)c2C)cc1. The summed E-state index contributed by atoms with van der Waals surface area (Å²) in [5.74, 6) is 0.104. The smallest absolute Gasteiger partial charge is 0.261 e. The number of phenols is 1. The molecule has 2 N–H and O–H groups in total. The molecule has 0 unspecified atom stereocenters. The Kier molecular flexibility index (Phi) is 5.48. The van der Waals surface area contributed by atoms with Gasteiger partial charge in [0.1, 0.15) is 5.75 Å². The molecule has 30 heavy (non-hydrogen) atoms. The summed E-state index contributed by atoms with van der Waals surface area (Å²) in [6.07, 6.45) is 0. The molecular formula is C22H20N2O3S3. The second-order valence-electron chi connectivity index (χ2n) is 7.01. The fourth-order valence-corrected chi connectivity index (χ4v) is 6.44. The predicted octanol–water partition coefficient (Wildman–Crippen LogP) is 5.88. The van der Waals surface area contributed by atoms with Crippen molar-refractivity contribution in [2.24, 2.45) is 0 Å². The monoisotopic (exact) mass is 456 g/mol. The first kappa shape index (κ1) is 20.7. The van der Waals surface area contributed by atoms with E-state index in [0.29, 0.717) is 21.7 Å². The highest BCUT2D eigenvalue weighted by molar-refractivity contribution is 8.01. The zero-order valence-electron chi connectivity index (χ0n) is 16.6. The number of aromatic hydroxyl groups is 1. The Morgan fingerprint density at radius 3 is 2.43 bits per heavy atom. The van der Waals surface area contributed by atoms with E-state index in [2.05, 4.69) is 9.71 Å². The van der Waals surface area contributed by atoms with Crippen LogP contribution in [0.15, 0.2) is 68.7 Å². The van der Waals surface area contributed by atoms with E-state index in [4.69, 9.17) is 0 Å². The summed E-state index contributed by atoms with van der Waals surface area (Å²) in [7, 11) is -3.75. The number of benzene rings is 3. The summed E-state index contributed by atoms with van der Waals surface area (Å²) in [6.45, 7) is 5.48. The van der Waals surface area contributed by atoms with Gasteiger partial charge in [0.05, 0.1) is 25.7 Å². The van der Waals surface area contributed by atoms with Gasteiger partial charge in [-0.2, -0.15) is 0 Å². The zero-order chi connectivity index (χ0) is 21.5. The van der Waals surface area contributed by atoms with Gasteiger partial charge in [0.2, 0.25) is 0 Å². The van der Waals surface area contributed by atoms with Gasteiger partial charge in [0.25, 0.3) is 10.0 Å². The van der Waals surface area contributed by atoms with Crippen molar-refractivity contribution in [2.45, 2.75) is 34.9 Å². The topological polar surface area (TPSA) is 79.3 Å². The molecule has 3 aromatic carbocycles. The highest BCUT2D eigenvalue weighted by Crippen LogP contribution is 2.44. The normalized spacial score (nSPS) is 11.7. The van der Waals surface area contributed by atoms with E-state index in [-0.39, 0.29) is 10.6 Å². The number of phenolic OH excluding ortho intramolecular Hbond substituents is 1. The molecule has 154 valence electrons. The fraction of sp³-hybridized carbons (Fsp3) is 0.136. The molecule has 0 radical (unpaired) electrons. The minimum Gasteiger partial charge on any atom is -0.507 e. The molecule has 0 saturated heterocycles. The molecule has 0 aliphatic carbocycles. The Bertz CT molecular complexity index is 1310. The van der Waals surface area contributed by atoms with Crippen LogP contribution >= 0.6 is 23.1 Å². The Hall–Kier alpha value is -2.55. The number of hydrogen-bond donors (Lipinski definition) is 2. The number of aryl methyl sites for hydroxylation is 2. The molecule has 5 nitrogen and oxygen atoms in total. The molecule has 0 fully saturated rings. The standard InChI is InChI=1S/C22H20N2O3S3/c1-13-8-10-16(11-9-13)30(26,27)24-20-14(2)12-18(25)21(15(20)3)29-22-23-17-6-4-5-7-19(17)28-22/h4-12,24-25H,1-3H3. The predicted molar refractivity (Wildman–Crippen MR) is 123 cm³/mol. The first-order chi connectivity index (χ1) is 14.2. The summed E-state index contributed by atoms with van der Waals surface area (Å²) < 4.78 is 30.3. The summed E-state index contributed by atoms with van der Waals surface area (Å²) in [6, 6.07) is 16.1. The van der Waals surface area contributed by atoms with Gasteiger partial charge >= 0.3 is 0 Å². The van der Waals surface area contributed by atoms with Gasteiger partial charge < -0.3 is 5.11 Å². The van der Waals surface area contributed by atoms with Crippen LogP contribution in [0.3, 0.4) is 0 Å². The number of thiazole rings is 1. The van der Waals surface area contributed by atoms with Crippen LogP contribution < -0.4 is 4.72 Å². The first-order valence-corrected chi connectivity index (χ1v) is 12.3. The average Bonchev–Trinajstić information content (AvgIpc) is 3.11. The van der Waals surface area contributed by atoms with Crippen molar-refractivity contribution in [1.29, 1.82) is 0 Å². The molecule has 0 bridgehead atoms. The van der Waals surface area contributed by atoms with Crippen molar-refractivity contribution in [2.75, 3.05) is 4.72 Å². The number of aromatic nitrogens is 1. The molecule has 0 atom stereocenters. The van der Waals surface area contributed by atoms with Crippen LogP contribution in [0.2, 0.25) is 0 Å². The highest BCUT2D eigenvalue weighted by Gasteiger charge is 2.21. The largest absolute Gasteiger partial charge is 0.507 e. The van der Waals surface area contributed by atoms with Crippen molar-refractivity contribution >= 4 is 49.0 Å². The molecule has 8 heteroatoms. The van der Waals surface area contributed by atoms with Gasteiger partial charge in [0, 0.05) is 0 Å². The maximum absolute atomic E-state index is 12.9. The Labute approximate surface area is 183 Å². The number of nitrogens with zero attached hydrogens (tertiary/aromatic N) is 1. The Balaban J connectivity index is 1.71. The van der Waals surface area contributed by atoms with Crippen molar-refractivity contribution in [3.8, 4) is 5.75 Å². The number of rotatable bonds is 5. The molecule has 1 heterocycles. The average molecular weight is 457 g/mol. The Morgan fingerprint density at radius 1 is 1.03 bits per heavy atom. The third-order valence-electron chi connectivity index (χ3n) is 4.73. The van der Waals surface area contributed by atoms with E-state index in [0.717, 1.165) is 20.1 Å². The third-order valence-corrected chi connectivity index (χ3v) is 8.41. The third kappa shape index (κ3) is 4.03. The van der Waals surface area contributed by atoms with Crippen molar-refractivity contribution in [1.82, 2.24) is 4.98 Å². The maximum Gasteiger partial charge on any atom is 0.261 e. The van der Waals surface area contributed by atoms with E-state index in [1.165, 1.54) is 23.1 Å². The quantitative estimate of drug-likeness (QED) is 0.367. The fourth-order valence-electron chi connectivity index (χ4n) is 3.12. The van der Waals surface area contributed by atoms with Crippen molar-refractivity contribution < 1.29 is 13.5 Å². The summed E-state index contributed by atoms with van der Waals surface area (Å²) in [5, 5.41) is 10.6. The minimum atomic E-state index is -3.75. The van der Waals surface area contributed by atoms with E-state index < -0.39 is 10.0 Å². The molecular weight excluding hydrogens is 436 g/mol. The summed E-state index contributed by atoms with van der Waals surface area (Å²) in [4.78, 5) is 5.38. The van der Waals surface area contributed by atoms with E-state index in [9.17, 15) is 13.5 Å². The van der Waals surface area contributed by atoms with E-state index in [1.54, 1.807) is 44.2 Å². The van der Waals surface area contributed by atoms with Crippen LogP contribution in [0, 0.1) is 20.8 Å². The lowest BCUT2D eigenvalue weighted by Crippen LogP contribution is -2.15. The molecule has 4 aromatic rings. The van der Waals surface area contributed by atoms with Gasteiger partial charge in [-0.05, 0) is 62.2 Å². The molecule has 0 saturated carbocycles. The lowest BCUT2D eigenvalue weighted by molar-refractivity contribution is 0.461. The van der Waals surface area contributed by atoms with Gasteiger partial charge in [-0.25, -0.2) is 13.4 Å². The first-order valence-electron chi connectivity index (χ1n) is 9.20. The number of fused-ring (bicyclic) bond motifs is 1. The molecule has 1 aromatic heterocycles. The van der Waals surface area contributed by atoms with Crippen LogP contribution in [0.25, 0.3) is 10.2 Å². The summed E-state index contributed by atoms with van der Waals surface area (Å²) in [5.41, 5.74) is 3.66. The molecule has 0 amide bonds. The van der Waals surface area contributed by atoms with Crippen molar-refractivity contribution in [3.05, 3.63) is 71.3 Å². The lowest BCUT2D eigenvalue weighted by Gasteiger charge is -2.17.